The van der Waals surface area contributed by atoms with E-state index in [0.29, 0.717) is 17.6 Å². The Bertz CT molecular complexity index is 1090. The molecular weight excluding hydrogens is 425 g/mol. The summed E-state index contributed by atoms with van der Waals surface area (Å²) in [6.07, 6.45) is 3.20. The Balaban J connectivity index is 1.97. The number of nitrogens with one attached hydrogen (secondary N) is 1. The van der Waals surface area contributed by atoms with E-state index in [1.807, 2.05) is 6.92 Å². The van der Waals surface area contributed by atoms with E-state index in [-0.39, 0.29) is 34.5 Å². The number of hydrogen-bond donors (Lipinski definition) is 1. The van der Waals surface area contributed by atoms with Crippen LogP contribution in [0.2, 0.25) is 5.02 Å². The summed E-state index contributed by atoms with van der Waals surface area (Å²) in [6.45, 7) is 6.53. The Morgan fingerprint density at radius 1 is 1.32 bits per heavy atom. The quantitative estimate of drug-likeness (QED) is 0.361. The number of methoxy groups -OCH3 is 1. The zero-order valence-electron chi connectivity index (χ0n) is 17.9. The molecule has 166 valence electrons. The smallest absolute Gasteiger partial charge is 0.358 e. The number of esters is 1. The molecule has 31 heavy (non-hydrogen) atoms. The molecule has 0 bridgehead atoms. The molecule has 0 fully saturated rings. The molecule has 0 radical (unpaired) electrons. The number of ether oxygens (including phenoxy) is 3. The average Bonchev–Trinajstić information content (AvgIpc) is 3.11. The SMILES string of the molecule is CCCCOCC(C)OC(=O)c1nc(-c2ccc(Cl)c(OC)c2F)nc2[nH]cc(C)c12. The second-order valence-corrected chi connectivity index (χ2v) is 7.58. The van der Waals surface area contributed by atoms with E-state index in [2.05, 4.69) is 21.9 Å². The van der Waals surface area contributed by atoms with Gasteiger partial charge in [-0.05, 0) is 38.0 Å². The summed E-state index contributed by atoms with van der Waals surface area (Å²) >= 11 is 5.99. The van der Waals surface area contributed by atoms with Crippen LogP contribution in [0.3, 0.4) is 0 Å². The van der Waals surface area contributed by atoms with Crippen molar-refractivity contribution in [3.8, 4) is 17.1 Å². The van der Waals surface area contributed by atoms with Crippen LogP contribution < -0.4 is 4.74 Å². The highest BCUT2D eigenvalue weighted by Gasteiger charge is 2.24. The van der Waals surface area contributed by atoms with E-state index in [4.69, 9.17) is 25.8 Å². The van der Waals surface area contributed by atoms with E-state index >= 15 is 0 Å². The fourth-order valence-electron chi connectivity index (χ4n) is 3.12. The van der Waals surface area contributed by atoms with Gasteiger partial charge in [0.25, 0.3) is 0 Å². The van der Waals surface area contributed by atoms with Crippen molar-refractivity contribution in [3.63, 3.8) is 0 Å². The Labute approximate surface area is 184 Å². The van der Waals surface area contributed by atoms with Gasteiger partial charge in [-0.1, -0.05) is 24.9 Å². The summed E-state index contributed by atoms with van der Waals surface area (Å²) < 4.78 is 31.0. The molecule has 0 spiro atoms. The van der Waals surface area contributed by atoms with Crippen LogP contribution in [-0.2, 0) is 9.47 Å². The first-order valence-electron chi connectivity index (χ1n) is 10.0. The van der Waals surface area contributed by atoms with Gasteiger partial charge in [0.05, 0.1) is 29.7 Å². The molecule has 0 aliphatic carbocycles. The summed E-state index contributed by atoms with van der Waals surface area (Å²) in [6, 6.07) is 2.93. The van der Waals surface area contributed by atoms with Gasteiger partial charge >= 0.3 is 5.97 Å². The zero-order chi connectivity index (χ0) is 22.5. The number of rotatable bonds is 9. The lowest BCUT2D eigenvalue weighted by atomic mass is 10.1. The van der Waals surface area contributed by atoms with Gasteiger partial charge in [0.1, 0.15) is 11.8 Å². The van der Waals surface area contributed by atoms with Crippen molar-refractivity contribution in [2.24, 2.45) is 0 Å². The van der Waals surface area contributed by atoms with Gasteiger partial charge in [0, 0.05) is 12.8 Å². The van der Waals surface area contributed by atoms with Crippen LogP contribution in [0.1, 0.15) is 42.7 Å². The van der Waals surface area contributed by atoms with Gasteiger partial charge in [-0.25, -0.2) is 19.2 Å². The van der Waals surface area contributed by atoms with Gasteiger partial charge in [0.2, 0.25) is 0 Å². The first kappa shape index (κ1) is 23.0. The number of benzene rings is 1. The molecule has 1 N–H and O–H groups in total. The number of carbonyl (C=O) groups excluding carboxylic acids is 1. The van der Waals surface area contributed by atoms with Crippen LogP contribution in [-0.4, -0.2) is 47.3 Å². The van der Waals surface area contributed by atoms with E-state index in [1.165, 1.54) is 19.2 Å². The number of nitrogens with zero attached hydrogens (tertiary/aromatic N) is 2. The zero-order valence-corrected chi connectivity index (χ0v) is 18.7. The first-order chi connectivity index (χ1) is 14.9. The normalized spacial score (nSPS) is 12.2. The van der Waals surface area contributed by atoms with Gasteiger partial charge in [-0.2, -0.15) is 0 Å². The highest BCUT2D eigenvalue weighted by molar-refractivity contribution is 6.32. The van der Waals surface area contributed by atoms with E-state index in [0.717, 1.165) is 18.4 Å². The number of aromatic nitrogens is 3. The topological polar surface area (TPSA) is 86.3 Å². The molecule has 1 aromatic carbocycles. The number of unbranched alkanes of at least 4 members (excludes halogenated alkanes) is 1. The minimum Gasteiger partial charge on any atom is -0.492 e. The molecule has 0 saturated carbocycles. The highest BCUT2D eigenvalue weighted by atomic mass is 35.5. The van der Waals surface area contributed by atoms with Crippen LogP contribution in [0.15, 0.2) is 18.3 Å². The maximum absolute atomic E-state index is 14.9. The van der Waals surface area contributed by atoms with Crippen molar-refractivity contribution in [1.29, 1.82) is 0 Å². The van der Waals surface area contributed by atoms with Crippen molar-refractivity contribution in [2.75, 3.05) is 20.3 Å². The molecular formula is C22H25ClFN3O4. The van der Waals surface area contributed by atoms with Crippen molar-refractivity contribution < 1.29 is 23.4 Å². The fourth-order valence-corrected chi connectivity index (χ4v) is 3.34. The van der Waals surface area contributed by atoms with Gasteiger partial charge in [-0.15, -0.1) is 0 Å². The minimum absolute atomic E-state index is 0.0145. The molecule has 3 rings (SSSR count). The minimum atomic E-state index is -0.713. The number of aryl methyl sites for hydroxylation is 1. The Kier molecular flexibility index (Phi) is 7.46. The molecule has 0 aliphatic heterocycles. The number of halogens is 2. The molecule has 0 aliphatic rings. The lowest BCUT2D eigenvalue weighted by Gasteiger charge is -2.14. The summed E-state index contributed by atoms with van der Waals surface area (Å²) in [5, 5.41) is 0.645. The molecule has 2 aromatic heterocycles. The standard InChI is InChI=1S/C22H25ClFN3O4/c1-5-6-9-30-11-13(3)31-22(28)18-16-12(2)10-25-21(16)27-20(26-18)14-7-8-15(23)19(29-4)17(14)24/h7-8,10,13H,5-6,9,11H2,1-4H3,(H,25,26,27). The van der Waals surface area contributed by atoms with Crippen LogP contribution in [0, 0.1) is 12.7 Å². The number of H-pyrrole nitrogens is 1. The Morgan fingerprint density at radius 3 is 2.81 bits per heavy atom. The maximum atomic E-state index is 14.9. The fraction of sp³-hybridized carbons (Fsp3) is 0.409. The van der Waals surface area contributed by atoms with Crippen molar-refractivity contribution in [1.82, 2.24) is 15.0 Å². The Hall–Kier alpha value is -2.71. The second kappa shape index (κ2) is 10.1. The monoisotopic (exact) mass is 449 g/mol. The predicted molar refractivity (Wildman–Crippen MR) is 116 cm³/mol. The molecule has 9 heteroatoms. The molecule has 1 unspecified atom stereocenters. The van der Waals surface area contributed by atoms with Gasteiger partial charge in [-0.3, -0.25) is 0 Å². The van der Waals surface area contributed by atoms with E-state index < -0.39 is 17.9 Å². The lowest BCUT2D eigenvalue weighted by Crippen LogP contribution is -2.22. The largest absolute Gasteiger partial charge is 0.492 e. The third-order valence-electron chi connectivity index (χ3n) is 4.72. The molecule has 2 heterocycles. The molecule has 0 saturated heterocycles. The number of hydrogen-bond acceptors (Lipinski definition) is 6. The van der Waals surface area contributed by atoms with Crippen LogP contribution in [0.5, 0.6) is 5.75 Å². The number of aromatic amines is 1. The third-order valence-corrected chi connectivity index (χ3v) is 5.02. The summed E-state index contributed by atoms with van der Waals surface area (Å²) in [7, 11) is 1.32. The van der Waals surface area contributed by atoms with E-state index in [9.17, 15) is 9.18 Å². The van der Waals surface area contributed by atoms with Crippen molar-refractivity contribution in [3.05, 3.63) is 40.4 Å². The lowest BCUT2D eigenvalue weighted by molar-refractivity contribution is 0.00138. The average molecular weight is 450 g/mol. The summed E-state index contributed by atoms with van der Waals surface area (Å²) in [5.74, 6) is -1.45. The van der Waals surface area contributed by atoms with E-state index in [1.54, 1.807) is 13.1 Å². The molecule has 0 amide bonds. The van der Waals surface area contributed by atoms with Crippen molar-refractivity contribution >= 4 is 28.6 Å². The number of carbonyl (C=O) groups is 1. The molecule has 7 nitrogen and oxygen atoms in total. The van der Waals surface area contributed by atoms with Crippen LogP contribution >= 0.6 is 11.6 Å². The van der Waals surface area contributed by atoms with Crippen molar-refractivity contribution in [2.45, 2.75) is 39.7 Å². The number of fused-ring (bicyclic) bond motifs is 1. The highest BCUT2D eigenvalue weighted by Crippen LogP contribution is 2.34. The Morgan fingerprint density at radius 2 is 2.10 bits per heavy atom. The summed E-state index contributed by atoms with van der Waals surface area (Å²) in [4.78, 5) is 24.7. The molecule has 1 atom stereocenters. The van der Waals surface area contributed by atoms with Crippen LogP contribution in [0.4, 0.5) is 4.39 Å². The predicted octanol–water partition coefficient (Wildman–Crippen LogP) is 5.10. The summed E-state index contributed by atoms with van der Waals surface area (Å²) in [5.41, 5.74) is 1.27. The van der Waals surface area contributed by atoms with Gasteiger partial charge < -0.3 is 19.2 Å². The van der Waals surface area contributed by atoms with Gasteiger partial charge in [0.15, 0.2) is 23.1 Å². The third kappa shape index (κ3) is 4.97. The first-order valence-corrected chi connectivity index (χ1v) is 10.4. The second-order valence-electron chi connectivity index (χ2n) is 7.18. The molecule has 3 aromatic rings. The maximum Gasteiger partial charge on any atom is 0.358 e. The van der Waals surface area contributed by atoms with Crippen LogP contribution in [0.25, 0.3) is 22.4 Å².